The second-order valence-electron chi connectivity index (χ2n) is 8.16. The number of hydrogen-bond acceptors (Lipinski definition) is 7. The third-order valence-corrected chi connectivity index (χ3v) is 6.06. The van der Waals surface area contributed by atoms with E-state index in [2.05, 4.69) is 42.2 Å². The highest BCUT2D eigenvalue weighted by Crippen LogP contribution is 2.25. The van der Waals surface area contributed by atoms with Crippen LogP contribution in [0.2, 0.25) is 5.02 Å². The van der Waals surface area contributed by atoms with Gasteiger partial charge in [-0.25, -0.2) is 9.97 Å². The van der Waals surface area contributed by atoms with Gasteiger partial charge in [0.15, 0.2) is 0 Å². The molecule has 4 aromatic heterocycles. The lowest BCUT2D eigenvalue weighted by Gasteiger charge is -2.33. The number of amides is 1. The molecule has 1 N–H and O–H groups in total. The van der Waals surface area contributed by atoms with Crippen molar-refractivity contribution in [2.24, 2.45) is 7.05 Å². The van der Waals surface area contributed by atoms with Crippen LogP contribution in [0.4, 0.5) is 11.6 Å². The number of carbonyl (C=O) groups is 1. The molecule has 0 aromatic carbocycles. The molecule has 0 unspecified atom stereocenters. The summed E-state index contributed by atoms with van der Waals surface area (Å²) in [6.45, 7) is 3.60. The van der Waals surface area contributed by atoms with E-state index in [9.17, 15) is 4.79 Å². The second kappa shape index (κ2) is 8.76. The van der Waals surface area contributed by atoms with Crippen molar-refractivity contribution in [3.05, 3.63) is 59.8 Å². The number of halogens is 1. The summed E-state index contributed by atoms with van der Waals surface area (Å²) in [6.07, 6.45) is 8.67. The van der Waals surface area contributed by atoms with Crippen molar-refractivity contribution in [1.29, 1.82) is 0 Å². The number of piperazine rings is 1. The fourth-order valence-corrected chi connectivity index (χ4v) is 4.01. The van der Waals surface area contributed by atoms with Crippen molar-refractivity contribution in [2.75, 3.05) is 43.4 Å². The Hall–Kier alpha value is -3.56. The van der Waals surface area contributed by atoms with E-state index in [-0.39, 0.29) is 5.91 Å². The number of anilines is 2. The van der Waals surface area contributed by atoms with Gasteiger partial charge >= 0.3 is 0 Å². The van der Waals surface area contributed by atoms with Gasteiger partial charge < -0.3 is 15.1 Å². The number of likely N-dealkylation sites (N-methyl/N-ethyl adjacent to an activating group) is 1. The number of aryl methyl sites for hydroxylation is 1. The SMILES string of the molecule is CN1CCN(c2cc(C(=O)Nc3cc4cc(-c5cnn(C)c5)cnc4cn3)c(Cl)cn2)CC1. The van der Waals surface area contributed by atoms with Gasteiger partial charge in [-0.1, -0.05) is 11.6 Å². The summed E-state index contributed by atoms with van der Waals surface area (Å²) in [5, 5.41) is 8.23. The highest BCUT2D eigenvalue weighted by molar-refractivity contribution is 6.34. The van der Waals surface area contributed by atoms with Gasteiger partial charge in [-0.15, -0.1) is 0 Å². The Bertz CT molecular complexity index is 1330. The van der Waals surface area contributed by atoms with Gasteiger partial charge in [-0.05, 0) is 25.2 Å². The smallest absolute Gasteiger partial charge is 0.258 e. The largest absolute Gasteiger partial charge is 0.354 e. The average molecular weight is 463 g/mol. The van der Waals surface area contributed by atoms with Gasteiger partial charge in [0.05, 0.1) is 28.5 Å². The van der Waals surface area contributed by atoms with Crippen LogP contribution in [-0.2, 0) is 7.05 Å². The van der Waals surface area contributed by atoms with Crippen LogP contribution in [-0.4, -0.2) is 68.8 Å². The molecular formula is C23H23ClN8O. The number of aromatic nitrogens is 5. The van der Waals surface area contributed by atoms with E-state index < -0.39 is 0 Å². The molecule has 5 heterocycles. The fraction of sp³-hybridized carbons (Fsp3) is 0.261. The standard InChI is InChI=1S/C23H23ClN8O/c1-30-3-5-32(6-4-30)22-9-18(19(24)12-27-22)23(33)29-21-8-15-7-16(10-25-20(15)13-26-21)17-11-28-31(2)14-17/h7-14H,3-6H2,1-2H3,(H,26,29,33). The predicted octanol–water partition coefficient (Wildman–Crippen LogP) is 3.08. The summed E-state index contributed by atoms with van der Waals surface area (Å²) in [5.41, 5.74) is 3.01. The molecule has 5 rings (SSSR count). The molecule has 1 amide bonds. The van der Waals surface area contributed by atoms with Crippen molar-refractivity contribution in [3.63, 3.8) is 0 Å². The third kappa shape index (κ3) is 4.50. The number of nitrogens with one attached hydrogen (secondary N) is 1. The Morgan fingerprint density at radius 1 is 0.939 bits per heavy atom. The van der Waals surface area contributed by atoms with E-state index in [4.69, 9.17) is 11.6 Å². The minimum Gasteiger partial charge on any atom is -0.354 e. The first-order chi connectivity index (χ1) is 16.0. The first kappa shape index (κ1) is 21.3. The molecule has 168 valence electrons. The number of carbonyl (C=O) groups excluding carboxylic acids is 1. The Kier molecular flexibility index (Phi) is 5.65. The minimum atomic E-state index is -0.332. The summed E-state index contributed by atoms with van der Waals surface area (Å²) in [4.78, 5) is 30.7. The number of hydrogen-bond donors (Lipinski definition) is 1. The van der Waals surface area contributed by atoms with Crippen LogP contribution in [0.25, 0.3) is 22.0 Å². The maximum absolute atomic E-state index is 13.0. The molecule has 1 saturated heterocycles. The van der Waals surface area contributed by atoms with Gasteiger partial charge in [0.2, 0.25) is 0 Å². The highest BCUT2D eigenvalue weighted by Gasteiger charge is 2.19. The van der Waals surface area contributed by atoms with Crippen LogP contribution in [0.5, 0.6) is 0 Å². The number of rotatable bonds is 4. The van der Waals surface area contributed by atoms with Crippen molar-refractivity contribution in [1.82, 2.24) is 29.6 Å². The van der Waals surface area contributed by atoms with Crippen LogP contribution in [0.1, 0.15) is 10.4 Å². The number of nitrogens with zero attached hydrogens (tertiary/aromatic N) is 7. The molecule has 4 aromatic rings. The van der Waals surface area contributed by atoms with Crippen molar-refractivity contribution >= 4 is 40.0 Å². The van der Waals surface area contributed by atoms with Gasteiger partial charge in [-0.2, -0.15) is 5.10 Å². The zero-order valence-corrected chi connectivity index (χ0v) is 19.1. The molecular weight excluding hydrogens is 440 g/mol. The highest BCUT2D eigenvalue weighted by atomic mass is 35.5. The van der Waals surface area contributed by atoms with E-state index in [1.54, 1.807) is 35.4 Å². The topological polar surface area (TPSA) is 92.1 Å². The molecule has 1 aliphatic rings. The lowest BCUT2D eigenvalue weighted by Crippen LogP contribution is -2.44. The molecule has 0 radical (unpaired) electrons. The lowest BCUT2D eigenvalue weighted by molar-refractivity contribution is 0.102. The molecule has 1 fully saturated rings. The van der Waals surface area contributed by atoms with Gasteiger partial charge in [0.1, 0.15) is 11.6 Å². The second-order valence-corrected chi connectivity index (χ2v) is 8.56. The number of pyridine rings is 3. The Morgan fingerprint density at radius 2 is 1.76 bits per heavy atom. The Labute approximate surface area is 196 Å². The van der Waals surface area contributed by atoms with Crippen LogP contribution in [0.15, 0.2) is 49.2 Å². The Balaban J connectivity index is 1.39. The third-order valence-electron chi connectivity index (χ3n) is 5.76. The first-order valence-electron chi connectivity index (χ1n) is 10.6. The maximum Gasteiger partial charge on any atom is 0.258 e. The molecule has 1 aliphatic heterocycles. The normalized spacial score (nSPS) is 14.6. The molecule has 9 nitrogen and oxygen atoms in total. The lowest BCUT2D eigenvalue weighted by atomic mass is 10.1. The summed E-state index contributed by atoms with van der Waals surface area (Å²) in [6, 6.07) is 5.55. The zero-order valence-electron chi connectivity index (χ0n) is 18.4. The molecule has 0 saturated carbocycles. The van der Waals surface area contributed by atoms with Crippen molar-refractivity contribution in [3.8, 4) is 11.1 Å². The van der Waals surface area contributed by atoms with E-state index in [1.807, 2.05) is 19.3 Å². The molecule has 10 heteroatoms. The van der Waals surface area contributed by atoms with Gasteiger partial charge in [-0.3, -0.25) is 14.5 Å². The minimum absolute atomic E-state index is 0.298. The van der Waals surface area contributed by atoms with E-state index in [0.29, 0.717) is 16.4 Å². The summed E-state index contributed by atoms with van der Waals surface area (Å²) >= 11 is 6.32. The predicted molar refractivity (Wildman–Crippen MR) is 129 cm³/mol. The van der Waals surface area contributed by atoms with E-state index in [1.165, 1.54) is 6.20 Å². The molecule has 0 atom stereocenters. The quantitative estimate of drug-likeness (QED) is 0.498. The zero-order chi connectivity index (χ0) is 22.9. The summed E-state index contributed by atoms with van der Waals surface area (Å²) in [7, 11) is 3.96. The average Bonchev–Trinajstić information content (AvgIpc) is 3.26. The van der Waals surface area contributed by atoms with Crippen LogP contribution in [0, 0.1) is 0 Å². The monoisotopic (exact) mass is 462 g/mol. The first-order valence-corrected chi connectivity index (χ1v) is 11.0. The van der Waals surface area contributed by atoms with Crippen molar-refractivity contribution < 1.29 is 4.79 Å². The Morgan fingerprint density at radius 3 is 2.52 bits per heavy atom. The molecule has 0 spiro atoms. The van der Waals surface area contributed by atoms with Crippen LogP contribution < -0.4 is 10.2 Å². The van der Waals surface area contributed by atoms with Crippen LogP contribution >= 0.6 is 11.6 Å². The van der Waals surface area contributed by atoms with Gasteiger partial charge in [0.25, 0.3) is 5.91 Å². The molecule has 33 heavy (non-hydrogen) atoms. The van der Waals surface area contributed by atoms with Crippen LogP contribution in [0.3, 0.4) is 0 Å². The molecule has 0 aliphatic carbocycles. The molecule has 0 bridgehead atoms. The number of fused-ring (bicyclic) bond motifs is 1. The van der Waals surface area contributed by atoms with E-state index >= 15 is 0 Å². The summed E-state index contributed by atoms with van der Waals surface area (Å²) < 4.78 is 1.74. The fourth-order valence-electron chi connectivity index (χ4n) is 3.82. The maximum atomic E-state index is 13.0. The van der Waals surface area contributed by atoms with Crippen molar-refractivity contribution in [2.45, 2.75) is 0 Å². The van der Waals surface area contributed by atoms with E-state index in [0.717, 1.165) is 54.0 Å². The summed E-state index contributed by atoms with van der Waals surface area (Å²) in [5.74, 6) is 0.835. The van der Waals surface area contributed by atoms with Gasteiger partial charge in [0, 0.05) is 68.3 Å².